The zero-order valence-electron chi connectivity index (χ0n) is 37.6. The number of fused-ring (bicyclic) bond motifs is 10. The Morgan fingerprint density at radius 3 is 1.37 bits per heavy atom. The zero-order chi connectivity index (χ0) is 44.4. The van der Waals surface area contributed by atoms with Crippen molar-refractivity contribution < 1.29 is 0 Å². The number of hydrogen-bond donors (Lipinski definition) is 0. The van der Waals surface area contributed by atoms with Crippen molar-refractivity contribution in [3.8, 4) is 33.6 Å². The van der Waals surface area contributed by atoms with Crippen LogP contribution in [0.15, 0.2) is 224 Å². The van der Waals surface area contributed by atoms with Gasteiger partial charge in [0, 0.05) is 38.3 Å². The van der Waals surface area contributed by atoms with Crippen LogP contribution < -0.4 is 0 Å². The van der Waals surface area contributed by atoms with Gasteiger partial charge in [-0.1, -0.05) is 184 Å². The van der Waals surface area contributed by atoms with Crippen LogP contribution in [0.5, 0.6) is 0 Å². The van der Waals surface area contributed by atoms with E-state index in [1.807, 2.05) is 0 Å². The number of para-hydroxylation sites is 4. The van der Waals surface area contributed by atoms with Crippen molar-refractivity contribution in [2.45, 2.75) is 32.1 Å². The lowest BCUT2D eigenvalue weighted by Gasteiger charge is -2.27. The maximum absolute atomic E-state index is 2.56. The van der Waals surface area contributed by atoms with Crippen LogP contribution in [0, 0.1) is 0 Å². The summed E-state index contributed by atoms with van der Waals surface area (Å²) < 4.78 is 4.93. The van der Waals surface area contributed by atoms with Gasteiger partial charge in [-0.25, -0.2) is 0 Å². The van der Waals surface area contributed by atoms with E-state index in [9.17, 15) is 0 Å². The van der Waals surface area contributed by atoms with E-state index < -0.39 is 0 Å². The highest BCUT2D eigenvalue weighted by atomic mass is 15.0. The summed E-state index contributed by atoms with van der Waals surface area (Å²) in [5.41, 5.74) is 20.6. The van der Waals surface area contributed by atoms with Crippen molar-refractivity contribution >= 4 is 76.3 Å². The lowest BCUT2D eigenvalue weighted by Crippen LogP contribution is -2.17. The van der Waals surface area contributed by atoms with Crippen LogP contribution in [0.4, 0.5) is 0 Å². The van der Waals surface area contributed by atoms with Gasteiger partial charge in [0.2, 0.25) is 0 Å². The third-order valence-corrected chi connectivity index (χ3v) is 15.3. The third kappa shape index (κ3) is 5.51. The maximum Gasteiger partial charge on any atom is 0.0541 e. The van der Waals surface area contributed by atoms with Crippen molar-refractivity contribution in [3.05, 3.63) is 241 Å². The van der Waals surface area contributed by atoms with Crippen molar-refractivity contribution in [3.63, 3.8) is 0 Å². The molecule has 14 rings (SSSR count). The second-order valence-electron chi connectivity index (χ2n) is 19.1. The molecular weight excluding hydrogens is 809 g/mol. The number of nitrogens with zero attached hydrogens (tertiary/aromatic N) is 2. The molecule has 12 aromatic rings. The molecule has 0 aliphatic heterocycles. The minimum Gasteiger partial charge on any atom is -0.309 e. The number of hydrogen-bond acceptors (Lipinski definition) is 0. The molecule has 67 heavy (non-hydrogen) atoms. The molecule has 10 aromatic carbocycles. The molecule has 0 bridgehead atoms. The number of rotatable bonds is 5. The smallest absolute Gasteiger partial charge is 0.0541 e. The monoisotopic (exact) mass is 854 g/mol. The van der Waals surface area contributed by atoms with Crippen molar-refractivity contribution in [2.24, 2.45) is 0 Å². The van der Waals surface area contributed by atoms with Crippen LogP contribution in [0.25, 0.3) is 110 Å². The predicted molar refractivity (Wildman–Crippen MR) is 285 cm³/mol. The summed E-state index contributed by atoms with van der Waals surface area (Å²) in [6, 6.07) is 79.3. The van der Waals surface area contributed by atoms with Crippen molar-refractivity contribution in [2.75, 3.05) is 0 Å². The second-order valence-corrected chi connectivity index (χ2v) is 19.1. The van der Waals surface area contributed by atoms with Crippen molar-refractivity contribution in [1.82, 2.24) is 9.13 Å². The van der Waals surface area contributed by atoms with Gasteiger partial charge in [0.15, 0.2) is 0 Å². The summed E-state index contributed by atoms with van der Waals surface area (Å²) in [5, 5.41) is 10.0. The molecular formula is C65H46N2. The largest absolute Gasteiger partial charge is 0.309 e. The molecule has 2 nitrogen and oxygen atoms in total. The molecule has 0 radical (unpaired) electrons. The highest BCUT2D eigenvalue weighted by Gasteiger charge is 2.38. The highest BCUT2D eigenvalue weighted by molar-refractivity contribution is 6.23. The first kappa shape index (κ1) is 38.1. The molecule has 0 unspecified atom stereocenters. The van der Waals surface area contributed by atoms with Crippen molar-refractivity contribution in [1.29, 1.82) is 0 Å². The van der Waals surface area contributed by atoms with E-state index in [1.165, 1.54) is 121 Å². The molecule has 0 atom stereocenters. The molecule has 0 saturated carbocycles. The SMILES string of the molecule is CC1(C)C2=C(CCC(c3ccccc3-c3c4ccc(-n5c6ccccc6c6ccccc65)cc4c(-c4ccccc4)c4ccc(-n5c6ccccc6c6ccccc65)cc34)=C2)c2ccccc21. The Kier molecular flexibility index (Phi) is 8.19. The molecule has 0 N–H and O–H groups in total. The van der Waals surface area contributed by atoms with Gasteiger partial charge in [-0.15, -0.1) is 0 Å². The Balaban J connectivity index is 1.10. The van der Waals surface area contributed by atoms with Gasteiger partial charge in [0.1, 0.15) is 0 Å². The second kappa shape index (κ2) is 14.4. The van der Waals surface area contributed by atoms with Crippen LogP contribution in [0.2, 0.25) is 0 Å². The Hall–Kier alpha value is -8.20. The van der Waals surface area contributed by atoms with Crippen LogP contribution in [0.1, 0.15) is 43.4 Å². The summed E-state index contributed by atoms with van der Waals surface area (Å²) in [5.74, 6) is 0. The minimum absolute atomic E-state index is 0.0658. The molecule has 316 valence electrons. The first-order chi connectivity index (χ1) is 33.0. The summed E-state index contributed by atoms with van der Waals surface area (Å²) >= 11 is 0. The molecule has 2 aromatic heterocycles. The van der Waals surface area contributed by atoms with E-state index in [2.05, 4.69) is 241 Å². The third-order valence-electron chi connectivity index (χ3n) is 15.3. The summed E-state index contributed by atoms with van der Waals surface area (Å²) in [6.45, 7) is 4.82. The van der Waals surface area contributed by atoms with E-state index in [4.69, 9.17) is 0 Å². The molecule has 2 aliphatic rings. The summed E-state index contributed by atoms with van der Waals surface area (Å²) in [7, 11) is 0. The maximum atomic E-state index is 2.56. The van der Waals surface area contributed by atoms with Gasteiger partial charge in [0.05, 0.1) is 22.1 Å². The average Bonchev–Trinajstić information content (AvgIpc) is 3.98. The van der Waals surface area contributed by atoms with Crippen LogP contribution in [0.3, 0.4) is 0 Å². The summed E-state index contributed by atoms with van der Waals surface area (Å²) in [6.07, 6.45) is 4.58. The van der Waals surface area contributed by atoms with Gasteiger partial charge in [0.25, 0.3) is 0 Å². The average molecular weight is 855 g/mol. The Bertz CT molecular complexity index is 4010. The Labute approximate surface area is 390 Å². The van der Waals surface area contributed by atoms with E-state index >= 15 is 0 Å². The Morgan fingerprint density at radius 1 is 0.358 bits per heavy atom. The zero-order valence-corrected chi connectivity index (χ0v) is 37.6. The quantitative estimate of drug-likeness (QED) is 0.153. The Morgan fingerprint density at radius 2 is 0.806 bits per heavy atom. The molecule has 2 heteroatoms. The minimum atomic E-state index is -0.0658. The molecule has 0 saturated heterocycles. The molecule has 0 spiro atoms. The van der Waals surface area contributed by atoms with E-state index in [0.29, 0.717) is 0 Å². The number of allylic oxidation sites excluding steroid dienone is 4. The first-order valence-electron chi connectivity index (χ1n) is 23.7. The van der Waals surface area contributed by atoms with Crippen LogP contribution >= 0.6 is 0 Å². The fourth-order valence-corrected chi connectivity index (χ4v) is 12.3. The number of aromatic nitrogens is 2. The molecule has 0 fully saturated rings. The van der Waals surface area contributed by atoms with E-state index in [0.717, 1.165) is 24.2 Å². The standard InChI is InChI=1S/C65H46N2/c1-65(2)57-27-13-8-21-46(57)47-35-32-42(38-58(47)65)45-20-6-7-26-52(45)64-54-37-34-43(66-59-28-14-9-22-48(59)49-23-10-15-29-60(49)66)39-55(54)63(41-18-4-3-5-19-41)53-36-33-44(40-56(53)64)67-61-30-16-11-24-50(61)51-25-12-17-31-62(51)67/h3-31,33-34,36-40H,32,35H2,1-2H3. The molecule has 0 amide bonds. The van der Waals surface area contributed by atoms with Gasteiger partial charge in [-0.3, -0.25) is 0 Å². The van der Waals surface area contributed by atoms with E-state index in [-0.39, 0.29) is 5.41 Å². The molecule has 2 aliphatic carbocycles. The first-order valence-corrected chi connectivity index (χ1v) is 23.7. The van der Waals surface area contributed by atoms with Gasteiger partial charge in [-0.2, -0.15) is 0 Å². The highest BCUT2D eigenvalue weighted by Crippen LogP contribution is 2.54. The fourth-order valence-electron chi connectivity index (χ4n) is 12.3. The van der Waals surface area contributed by atoms with Crippen LogP contribution in [-0.2, 0) is 5.41 Å². The lowest BCUT2D eigenvalue weighted by molar-refractivity contribution is 0.652. The fraction of sp³-hybridized carbons (Fsp3) is 0.0769. The normalized spacial score (nSPS) is 14.4. The number of benzene rings is 10. The van der Waals surface area contributed by atoms with Gasteiger partial charge >= 0.3 is 0 Å². The molecule has 2 heterocycles. The topological polar surface area (TPSA) is 9.86 Å². The van der Waals surface area contributed by atoms with E-state index in [1.54, 1.807) is 0 Å². The van der Waals surface area contributed by atoms with Gasteiger partial charge < -0.3 is 9.13 Å². The lowest BCUT2D eigenvalue weighted by atomic mass is 9.77. The summed E-state index contributed by atoms with van der Waals surface area (Å²) in [4.78, 5) is 0. The predicted octanol–water partition coefficient (Wildman–Crippen LogP) is 17.4. The van der Waals surface area contributed by atoms with Crippen LogP contribution in [-0.4, -0.2) is 9.13 Å². The van der Waals surface area contributed by atoms with Gasteiger partial charge in [-0.05, 0) is 139 Å².